The third-order valence-corrected chi connectivity index (χ3v) is 3.55. The predicted molar refractivity (Wildman–Crippen MR) is 76.8 cm³/mol. The number of halogens is 1. The van der Waals surface area contributed by atoms with Crippen LogP contribution in [0.1, 0.15) is 17.4 Å². The van der Waals surface area contributed by atoms with Crippen LogP contribution in [0.25, 0.3) is 0 Å². The molecule has 0 spiro atoms. The van der Waals surface area contributed by atoms with E-state index in [0.717, 1.165) is 32.9 Å². The normalized spacial score (nSPS) is 10.4. The molecule has 2 aromatic rings. The first-order valence-electron chi connectivity index (χ1n) is 5.76. The fourth-order valence-corrected chi connectivity index (χ4v) is 2.55. The first kappa shape index (κ1) is 13.2. The number of aromatic nitrogens is 1. The summed E-state index contributed by atoms with van der Waals surface area (Å²) < 4.78 is 5.75. The van der Waals surface area contributed by atoms with Crippen LogP contribution in [0, 0.1) is 6.92 Å². The highest BCUT2D eigenvalue weighted by molar-refractivity contribution is 7.15. The fraction of sp³-hybridized carbons (Fsp3) is 0.308. The topological polar surface area (TPSA) is 34.2 Å². The number of ether oxygens (including phenoxy) is 1. The van der Waals surface area contributed by atoms with Crippen LogP contribution < -0.4 is 10.1 Å². The minimum absolute atomic E-state index is 0.533. The summed E-state index contributed by atoms with van der Waals surface area (Å²) in [7, 11) is 0. The second-order valence-electron chi connectivity index (χ2n) is 3.86. The SMILES string of the molecule is CCNc1ncc(COc2ccc(Cl)cc2C)s1. The standard InChI is InChI=1S/C13H15ClN2OS/c1-3-15-13-16-7-11(18-13)8-17-12-5-4-10(14)6-9(12)2/h4-7H,3,8H2,1-2H3,(H,15,16). The van der Waals surface area contributed by atoms with Gasteiger partial charge in [-0.15, -0.1) is 0 Å². The lowest BCUT2D eigenvalue weighted by Crippen LogP contribution is -1.95. The molecule has 0 bridgehead atoms. The van der Waals surface area contributed by atoms with Gasteiger partial charge in [0.25, 0.3) is 0 Å². The van der Waals surface area contributed by atoms with Crippen LogP contribution in [0.15, 0.2) is 24.4 Å². The van der Waals surface area contributed by atoms with Crippen molar-refractivity contribution < 1.29 is 4.74 Å². The minimum atomic E-state index is 0.533. The summed E-state index contributed by atoms with van der Waals surface area (Å²) in [6, 6.07) is 5.62. The number of hydrogen-bond acceptors (Lipinski definition) is 4. The zero-order valence-electron chi connectivity index (χ0n) is 10.4. The Morgan fingerprint density at radius 3 is 3.00 bits per heavy atom. The molecule has 0 fully saturated rings. The maximum absolute atomic E-state index is 5.90. The maximum Gasteiger partial charge on any atom is 0.182 e. The lowest BCUT2D eigenvalue weighted by Gasteiger charge is -2.07. The lowest BCUT2D eigenvalue weighted by molar-refractivity contribution is 0.307. The van der Waals surface area contributed by atoms with Gasteiger partial charge in [0.15, 0.2) is 5.13 Å². The Morgan fingerprint density at radius 2 is 2.28 bits per heavy atom. The van der Waals surface area contributed by atoms with E-state index < -0.39 is 0 Å². The van der Waals surface area contributed by atoms with Crippen LogP contribution in [-0.2, 0) is 6.61 Å². The van der Waals surface area contributed by atoms with E-state index in [1.807, 2.05) is 31.3 Å². The van der Waals surface area contributed by atoms with Gasteiger partial charge >= 0.3 is 0 Å². The van der Waals surface area contributed by atoms with Crippen molar-refractivity contribution in [2.24, 2.45) is 0 Å². The van der Waals surface area contributed by atoms with Gasteiger partial charge in [-0.25, -0.2) is 4.98 Å². The Labute approximate surface area is 116 Å². The molecule has 3 nitrogen and oxygen atoms in total. The van der Waals surface area contributed by atoms with Crippen molar-refractivity contribution in [2.75, 3.05) is 11.9 Å². The Kier molecular flexibility index (Phi) is 4.44. The molecule has 1 aromatic heterocycles. The van der Waals surface area contributed by atoms with Gasteiger partial charge in [-0.3, -0.25) is 0 Å². The van der Waals surface area contributed by atoms with Gasteiger partial charge in [-0.2, -0.15) is 0 Å². The highest BCUT2D eigenvalue weighted by Crippen LogP contribution is 2.24. The Bertz CT molecular complexity index is 527. The van der Waals surface area contributed by atoms with Crippen molar-refractivity contribution in [1.82, 2.24) is 4.98 Å². The number of aryl methyl sites for hydroxylation is 1. The van der Waals surface area contributed by atoms with Gasteiger partial charge in [-0.1, -0.05) is 22.9 Å². The van der Waals surface area contributed by atoms with Crippen LogP contribution in [-0.4, -0.2) is 11.5 Å². The van der Waals surface area contributed by atoms with Crippen molar-refractivity contribution in [3.8, 4) is 5.75 Å². The summed E-state index contributed by atoms with van der Waals surface area (Å²) >= 11 is 7.51. The minimum Gasteiger partial charge on any atom is -0.488 e. The van der Waals surface area contributed by atoms with E-state index >= 15 is 0 Å². The molecule has 2 rings (SSSR count). The highest BCUT2D eigenvalue weighted by Gasteiger charge is 2.04. The van der Waals surface area contributed by atoms with Crippen molar-refractivity contribution >= 4 is 28.1 Å². The Morgan fingerprint density at radius 1 is 1.44 bits per heavy atom. The van der Waals surface area contributed by atoms with Gasteiger partial charge in [0.1, 0.15) is 12.4 Å². The summed E-state index contributed by atoms with van der Waals surface area (Å²) in [6.45, 7) is 5.45. The van der Waals surface area contributed by atoms with E-state index in [1.165, 1.54) is 0 Å². The molecule has 1 N–H and O–H groups in total. The number of anilines is 1. The molecule has 96 valence electrons. The summed E-state index contributed by atoms with van der Waals surface area (Å²) in [5.41, 5.74) is 1.04. The highest BCUT2D eigenvalue weighted by atomic mass is 35.5. The molecule has 5 heteroatoms. The Balaban J connectivity index is 1.97. The predicted octanol–water partition coefficient (Wildman–Crippen LogP) is 4.12. The molecule has 0 amide bonds. The van der Waals surface area contributed by atoms with Gasteiger partial charge in [0.2, 0.25) is 0 Å². The third-order valence-electron chi connectivity index (χ3n) is 2.39. The second-order valence-corrected chi connectivity index (χ2v) is 5.41. The van der Waals surface area contributed by atoms with Crippen molar-refractivity contribution in [1.29, 1.82) is 0 Å². The average Bonchev–Trinajstić information content (AvgIpc) is 2.76. The monoisotopic (exact) mass is 282 g/mol. The van der Waals surface area contributed by atoms with Crippen LogP contribution >= 0.6 is 22.9 Å². The third kappa shape index (κ3) is 3.37. The molecule has 0 aliphatic rings. The largest absolute Gasteiger partial charge is 0.488 e. The number of benzene rings is 1. The molecule has 0 aliphatic heterocycles. The summed E-state index contributed by atoms with van der Waals surface area (Å²) in [5, 5.41) is 4.84. The molecule has 0 aliphatic carbocycles. The fourth-order valence-electron chi connectivity index (χ4n) is 1.53. The smallest absolute Gasteiger partial charge is 0.182 e. The maximum atomic E-state index is 5.90. The quantitative estimate of drug-likeness (QED) is 0.896. The van der Waals surface area contributed by atoms with E-state index in [0.29, 0.717) is 6.61 Å². The number of rotatable bonds is 5. The first-order valence-corrected chi connectivity index (χ1v) is 6.96. The van der Waals surface area contributed by atoms with Gasteiger partial charge < -0.3 is 10.1 Å². The number of hydrogen-bond donors (Lipinski definition) is 1. The molecular weight excluding hydrogens is 268 g/mol. The van der Waals surface area contributed by atoms with Crippen LogP contribution in [0.3, 0.4) is 0 Å². The molecule has 0 saturated heterocycles. The number of nitrogens with one attached hydrogen (secondary N) is 1. The molecule has 1 aromatic carbocycles. The summed E-state index contributed by atoms with van der Waals surface area (Å²) in [4.78, 5) is 5.36. The van der Waals surface area contributed by atoms with Gasteiger partial charge in [0.05, 0.1) is 4.88 Å². The van der Waals surface area contributed by atoms with E-state index in [1.54, 1.807) is 11.3 Å². The Hall–Kier alpha value is -1.26. The van der Waals surface area contributed by atoms with Crippen LogP contribution in [0.5, 0.6) is 5.75 Å². The van der Waals surface area contributed by atoms with E-state index in [-0.39, 0.29) is 0 Å². The zero-order valence-corrected chi connectivity index (χ0v) is 11.9. The molecule has 0 atom stereocenters. The first-order chi connectivity index (χ1) is 8.69. The van der Waals surface area contributed by atoms with Crippen molar-refractivity contribution in [3.63, 3.8) is 0 Å². The van der Waals surface area contributed by atoms with Crippen molar-refractivity contribution in [3.05, 3.63) is 39.9 Å². The molecule has 0 saturated carbocycles. The van der Waals surface area contributed by atoms with E-state index in [9.17, 15) is 0 Å². The van der Waals surface area contributed by atoms with Crippen LogP contribution in [0.4, 0.5) is 5.13 Å². The molecule has 18 heavy (non-hydrogen) atoms. The van der Waals surface area contributed by atoms with E-state index in [2.05, 4.69) is 17.2 Å². The van der Waals surface area contributed by atoms with Crippen molar-refractivity contribution in [2.45, 2.75) is 20.5 Å². The van der Waals surface area contributed by atoms with Gasteiger partial charge in [0, 0.05) is 17.8 Å². The van der Waals surface area contributed by atoms with Crippen LogP contribution in [0.2, 0.25) is 5.02 Å². The van der Waals surface area contributed by atoms with Gasteiger partial charge in [-0.05, 0) is 37.6 Å². The average molecular weight is 283 g/mol. The summed E-state index contributed by atoms with van der Waals surface area (Å²) in [6.07, 6.45) is 1.84. The molecule has 1 heterocycles. The molecular formula is C13H15ClN2OS. The molecule has 0 unspecified atom stereocenters. The summed E-state index contributed by atoms with van der Waals surface area (Å²) in [5.74, 6) is 0.859. The van der Waals surface area contributed by atoms with E-state index in [4.69, 9.17) is 16.3 Å². The lowest BCUT2D eigenvalue weighted by atomic mass is 10.2. The molecule has 0 radical (unpaired) electrons. The zero-order chi connectivity index (χ0) is 13.0. The second kappa shape index (κ2) is 6.07. The number of nitrogens with zero attached hydrogens (tertiary/aromatic N) is 1. The number of thiazole rings is 1.